The summed E-state index contributed by atoms with van der Waals surface area (Å²) >= 11 is 0. The Morgan fingerprint density at radius 2 is 2.00 bits per heavy atom. The van der Waals surface area contributed by atoms with Gasteiger partial charge in [0.05, 0.1) is 7.11 Å². The number of amides is 1. The number of methoxy groups -OCH3 is 1. The highest BCUT2D eigenvalue weighted by molar-refractivity contribution is 5.88. The van der Waals surface area contributed by atoms with E-state index in [0.717, 1.165) is 5.56 Å². The number of rotatable bonds is 5. The van der Waals surface area contributed by atoms with Crippen molar-refractivity contribution in [2.75, 3.05) is 7.11 Å². The molecule has 0 bridgehead atoms. The lowest BCUT2D eigenvalue weighted by Gasteiger charge is -2.11. The Morgan fingerprint density at radius 1 is 1.30 bits per heavy atom. The molecular weight excluding hydrogens is 300 g/mol. The van der Waals surface area contributed by atoms with Crippen molar-refractivity contribution in [1.29, 1.82) is 0 Å². The van der Waals surface area contributed by atoms with Crippen molar-refractivity contribution < 1.29 is 23.5 Å². The summed E-state index contributed by atoms with van der Waals surface area (Å²) in [5, 5.41) is 2.59. The average Bonchev–Trinajstić information content (AvgIpc) is 2.95. The van der Waals surface area contributed by atoms with Gasteiger partial charge in [0.25, 0.3) is 0 Å². The first-order valence-electron chi connectivity index (χ1n) is 7.04. The number of aromatic nitrogens is 1. The van der Waals surface area contributed by atoms with Gasteiger partial charge < -0.3 is 19.2 Å². The first-order valence-corrected chi connectivity index (χ1v) is 7.04. The van der Waals surface area contributed by atoms with Crippen LogP contribution in [0.3, 0.4) is 0 Å². The molecule has 0 aliphatic rings. The normalized spacial score (nSPS) is 11.6. The van der Waals surface area contributed by atoms with Gasteiger partial charge in [-0.2, -0.15) is 0 Å². The van der Waals surface area contributed by atoms with Crippen LogP contribution in [-0.4, -0.2) is 24.2 Å². The molecule has 0 unspecified atom stereocenters. The topological polar surface area (TPSA) is 90.7 Å². The Morgan fingerprint density at radius 3 is 2.65 bits per heavy atom. The van der Waals surface area contributed by atoms with E-state index in [-0.39, 0.29) is 18.2 Å². The maximum Gasteiger partial charge on any atom is 0.408 e. The van der Waals surface area contributed by atoms with Crippen molar-refractivity contribution in [2.45, 2.75) is 26.5 Å². The molecular formula is C16H18N2O5. The van der Waals surface area contributed by atoms with Crippen LogP contribution in [0, 0.1) is 6.92 Å². The molecule has 7 heteroatoms. The van der Waals surface area contributed by atoms with Crippen LogP contribution in [0.2, 0.25) is 0 Å². The first-order chi connectivity index (χ1) is 11.0. The third kappa shape index (κ3) is 4.32. The Hall–Kier alpha value is -2.83. The highest BCUT2D eigenvalue weighted by Gasteiger charge is 2.22. The molecule has 1 N–H and O–H groups in total. The number of carbonyl (C=O) groups excluding carboxylic acids is 2. The van der Waals surface area contributed by atoms with Gasteiger partial charge in [0.2, 0.25) is 5.89 Å². The molecule has 0 saturated heterocycles. The van der Waals surface area contributed by atoms with E-state index >= 15 is 0 Å². The fourth-order valence-corrected chi connectivity index (χ4v) is 1.89. The minimum atomic E-state index is -0.600. The predicted molar refractivity (Wildman–Crippen MR) is 80.8 cm³/mol. The summed E-state index contributed by atoms with van der Waals surface area (Å²) in [4.78, 5) is 27.3. The Bertz CT molecular complexity index is 681. The predicted octanol–water partition coefficient (Wildman–Crippen LogP) is 2.76. The lowest BCUT2D eigenvalue weighted by Crippen LogP contribution is -2.27. The number of esters is 1. The molecule has 0 radical (unpaired) electrons. The number of alkyl carbamates (subject to hydrolysis) is 1. The molecule has 1 heterocycles. The third-order valence-corrected chi connectivity index (χ3v) is 3.11. The summed E-state index contributed by atoms with van der Waals surface area (Å²) in [5.41, 5.74) is 0.976. The molecule has 0 aliphatic carbocycles. The van der Waals surface area contributed by atoms with E-state index in [4.69, 9.17) is 9.15 Å². The lowest BCUT2D eigenvalue weighted by molar-refractivity contribution is 0.0592. The van der Waals surface area contributed by atoms with Crippen LogP contribution < -0.4 is 5.32 Å². The van der Waals surface area contributed by atoms with Crippen molar-refractivity contribution in [3.05, 3.63) is 53.2 Å². The molecule has 1 aromatic heterocycles. The second-order valence-electron chi connectivity index (χ2n) is 4.88. The maximum atomic E-state index is 11.8. The van der Waals surface area contributed by atoms with Gasteiger partial charge in [-0.3, -0.25) is 0 Å². The molecule has 2 aromatic rings. The van der Waals surface area contributed by atoms with Gasteiger partial charge in [0, 0.05) is 0 Å². The zero-order chi connectivity index (χ0) is 16.8. The average molecular weight is 318 g/mol. The molecule has 1 aromatic carbocycles. The summed E-state index contributed by atoms with van der Waals surface area (Å²) in [5.74, 6) is -0.0472. The fourth-order valence-electron chi connectivity index (χ4n) is 1.89. The van der Waals surface area contributed by atoms with Gasteiger partial charge in [-0.1, -0.05) is 30.3 Å². The number of oxazole rings is 1. The summed E-state index contributed by atoms with van der Waals surface area (Å²) in [6, 6.07) is 8.78. The zero-order valence-electron chi connectivity index (χ0n) is 13.2. The number of hydrogen-bond acceptors (Lipinski definition) is 6. The van der Waals surface area contributed by atoms with E-state index in [0.29, 0.717) is 5.76 Å². The van der Waals surface area contributed by atoms with Crippen LogP contribution in [0.25, 0.3) is 0 Å². The van der Waals surface area contributed by atoms with E-state index < -0.39 is 18.1 Å². The van der Waals surface area contributed by atoms with Gasteiger partial charge in [0.15, 0.2) is 5.69 Å². The van der Waals surface area contributed by atoms with Crippen molar-refractivity contribution in [2.24, 2.45) is 0 Å². The molecule has 23 heavy (non-hydrogen) atoms. The minimum Gasteiger partial charge on any atom is -0.464 e. The minimum absolute atomic E-state index is 0.0915. The molecule has 0 spiro atoms. The standard InChI is InChI=1S/C16H18N2O5/c1-10(14-18-13(11(2)23-14)15(19)21-3)17-16(20)22-9-12-7-5-4-6-8-12/h4-8,10H,9H2,1-3H3,(H,17,20)/t10-/m0/s1. The number of carbonyl (C=O) groups is 2. The van der Waals surface area contributed by atoms with Crippen LogP contribution in [0.15, 0.2) is 34.7 Å². The number of benzene rings is 1. The van der Waals surface area contributed by atoms with E-state index in [1.807, 2.05) is 30.3 Å². The largest absolute Gasteiger partial charge is 0.464 e. The number of hydrogen-bond donors (Lipinski definition) is 1. The third-order valence-electron chi connectivity index (χ3n) is 3.11. The van der Waals surface area contributed by atoms with E-state index in [1.54, 1.807) is 13.8 Å². The molecule has 0 fully saturated rings. The molecule has 0 aliphatic heterocycles. The van der Waals surface area contributed by atoms with Crippen LogP contribution in [0.4, 0.5) is 4.79 Å². The summed E-state index contributed by atoms with van der Waals surface area (Å²) in [7, 11) is 1.26. The van der Waals surface area contributed by atoms with E-state index in [1.165, 1.54) is 7.11 Å². The van der Waals surface area contributed by atoms with Gasteiger partial charge in [-0.25, -0.2) is 14.6 Å². The number of nitrogens with one attached hydrogen (secondary N) is 1. The summed E-state index contributed by atoms with van der Waals surface area (Å²) < 4.78 is 15.1. The second kappa shape index (κ2) is 7.44. The van der Waals surface area contributed by atoms with Crippen molar-refractivity contribution in [3.63, 3.8) is 0 Å². The van der Waals surface area contributed by atoms with Crippen LogP contribution in [0.1, 0.15) is 40.7 Å². The quantitative estimate of drug-likeness (QED) is 0.852. The molecule has 0 saturated carbocycles. The number of aryl methyl sites for hydroxylation is 1. The van der Waals surface area contributed by atoms with Crippen molar-refractivity contribution >= 4 is 12.1 Å². The molecule has 1 amide bonds. The molecule has 7 nitrogen and oxygen atoms in total. The van der Waals surface area contributed by atoms with Crippen molar-refractivity contribution in [1.82, 2.24) is 10.3 Å². The number of ether oxygens (including phenoxy) is 2. The Labute approximate surface area is 133 Å². The van der Waals surface area contributed by atoms with Crippen LogP contribution >= 0.6 is 0 Å². The SMILES string of the molecule is COC(=O)c1nc([C@H](C)NC(=O)OCc2ccccc2)oc1C. The molecule has 2 rings (SSSR count). The maximum absolute atomic E-state index is 11.8. The molecule has 122 valence electrons. The number of nitrogens with zero attached hydrogens (tertiary/aromatic N) is 1. The zero-order valence-corrected chi connectivity index (χ0v) is 13.2. The van der Waals surface area contributed by atoms with Gasteiger partial charge in [0.1, 0.15) is 18.4 Å². The smallest absolute Gasteiger partial charge is 0.408 e. The van der Waals surface area contributed by atoms with Gasteiger partial charge in [-0.05, 0) is 19.4 Å². The van der Waals surface area contributed by atoms with E-state index in [9.17, 15) is 9.59 Å². The van der Waals surface area contributed by atoms with Gasteiger partial charge >= 0.3 is 12.1 Å². The second-order valence-corrected chi connectivity index (χ2v) is 4.88. The highest BCUT2D eigenvalue weighted by atomic mass is 16.5. The van der Waals surface area contributed by atoms with E-state index in [2.05, 4.69) is 15.0 Å². The summed E-state index contributed by atoms with van der Waals surface area (Å²) in [6.45, 7) is 3.44. The highest BCUT2D eigenvalue weighted by Crippen LogP contribution is 2.17. The van der Waals surface area contributed by atoms with Crippen molar-refractivity contribution in [3.8, 4) is 0 Å². The lowest BCUT2D eigenvalue weighted by atomic mass is 10.2. The monoisotopic (exact) mass is 318 g/mol. The van der Waals surface area contributed by atoms with Crippen LogP contribution in [-0.2, 0) is 16.1 Å². The first kappa shape index (κ1) is 16.5. The molecule has 1 atom stereocenters. The Balaban J connectivity index is 1.92. The summed E-state index contributed by atoms with van der Waals surface area (Å²) in [6.07, 6.45) is -0.600. The Kier molecular flexibility index (Phi) is 5.35. The van der Waals surface area contributed by atoms with Gasteiger partial charge in [-0.15, -0.1) is 0 Å². The van der Waals surface area contributed by atoms with Crippen LogP contribution in [0.5, 0.6) is 0 Å². The fraction of sp³-hybridized carbons (Fsp3) is 0.312.